The van der Waals surface area contributed by atoms with Crippen molar-refractivity contribution in [2.45, 2.75) is 0 Å². The predicted molar refractivity (Wildman–Crippen MR) is 45.2 cm³/mol. The lowest BCUT2D eigenvalue weighted by Gasteiger charge is -2.12. The molecule has 13 heavy (non-hydrogen) atoms. The number of para-hydroxylation sites is 1. The molecule has 5 nitrogen and oxygen atoms in total. The SMILES string of the molecule is O=C=C1c2ccccc2NN=[N+]1[O-]. The lowest BCUT2D eigenvalue weighted by Crippen LogP contribution is -2.11. The smallest absolute Gasteiger partial charge is 0.248 e. The lowest BCUT2D eigenvalue weighted by molar-refractivity contribution is -0.430. The fourth-order valence-electron chi connectivity index (χ4n) is 1.13. The zero-order valence-corrected chi connectivity index (χ0v) is 6.52. The summed E-state index contributed by atoms with van der Waals surface area (Å²) < 4.78 is 0. The summed E-state index contributed by atoms with van der Waals surface area (Å²) in [4.78, 5) is 10.7. The number of hydrogen-bond donors (Lipinski definition) is 1. The molecule has 1 aliphatic rings. The molecular weight excluding hydrogens is 170 g/mol. The number of nitrogens with one attached hydrogen (secondary N) is 1. The third-order valence-electron chi connectivity index (χ3n) is 1.73. The average Bonchev–Trinajstić information content (AvgIpc) is 2.18. The Hall–Kier alpha value is -2.13. The number of hydrogen-bond acceptors (Lipinski definition) is 4. The zero-order valence-electron chi connectivity index (χ0n) is 6.52. The second-order valence-electron chi connectivity index (χ2n) is 2.48. The third kappa shape index (κ3) is 1.07. The number of anilines is 1. The molecular formula is C8H5N3O2. The third-order valence-corrected chi connectivity index (χ3v) is 1.73. The van der Waals surface area contributed by atoms with Gasteiger partial charge in [-0.3, -0.25) is 0 Å². The van der Waals surface area contributed by atoms with Gasteiger partial charge in [0.15, 0.2) is 11.6 Å². The van der Waals surface area contributed by atoms with Gasteiger partial charge in [0, 0.05) is 0 Å². The van der Waals surface area contributed by atoms with E-state index in [0.29, 0.717) is 11.3 Å². The predicted octanol–water partition coefficient (Wildman–Crippen LogP) is 1.16. The first-order chi connectivity index (χ1) is 6.33. The molecule has 0 saturated carbocycles. The summed E-state index contributed by atoms with van der Waals surface area (Å²) in [5.41, 5.74) is 3.56. The molecule has 64 valence electrons. The number of fused-ring (bicyclic) bond motifs is 1. The molecule has 0 aromatic heterocycles. The van der Waals surface area contributed by atoms with Crippen molar-refractivity contribution in [2.75, 3.05) is 5.43 Å². The average molecular weight is 175 g/mol. The topological polar surface area (TPSA) is 67.5 Å². The largest absolute Gasteiger partial charge is 0.690 e. The van der Waals surface area contributed by atoms with E-state index in [1.165, 1.54) is 0 Å². The standard InChI is InChI=1S/C8H5N3O2/c12-5-8-6-3-1-2-4-7(6)9-10-11(8)13/h1-4,9H. The molecule has 0 amide bonds. The monoisotopic (exact) mass is 175 g/mol. The van der Waals surface area contributed by atoms with Crippen LogP contribution in [0.25, 0.3) is 5.70 Å². The Morgan fingerprint density at radius 3 is 3.00 bits per heavy atom. The summed E-state index contributed by atoms with van der Waals surface area (Å²) >= 11 is 0. The van der Waals surface area contributed by atoms with Crippen molar-refractivity contribution in [2.24, 2.45) is 5.22 Å². The highest BCUT2D eigenvalue weighted by atomic mass is 16.5. The first-order valence-electron chi connectivity index (χ1n) is 3.61. The van der Waals surface area contributed by atoms with E-state index in [1.54, 1.807) is 30.2 Å². The van der Waals surface area contributed by atoms with Crippen LogP contribution in [0.2, 0.25) is 0 Å². The van der Waals surface area contributed by atoms with E-state index >= 15 is 0 Å². The minimum Gasteiger partial charge on any atom is -0.690 e. The molecule has 1 N–H and O–H groups in total. The first-order valence-corrected chi connectivity index (χ1v) is 3.61. The highest BCUT2D eigenvalue weighted by Crippen LogP contribution is 2.25. The number of benzene rings is 1. The Labute approximate surface area is 73.6 Å². The normalized spacial score (nSPS) is 13.8. The van der Waals surface area contributed by atoms with E-state index in [-0.39, 0.29) is 10.6 Å². The molecule has 1 aromatic rings. The van der Waals surface area contributed by atoms with Crippen LogP contribution in [0.1, 0.15) is 5.56 Å². The van der Waals surface area contributed by atoms with Gasteiger partial charge in [-0.25, -0.2) is 4.79 Å². The molecule has 0 spiro atoms. The Morgan fingerprint density at radius 1 is 1.46 bits per heavy atom. The van der Waals surface area contributed by atoms with Gasteiger partial charge in [-0.2, -0.15) is 0 Å². The summed E-state index contributed by atoms with van der Waals surface area (Å²) in [6.07, 6.45) is 0. The summed E-state index contributed by atoms with van der Waals surface area (Å²) in [6, 6.07) is 6.90. The molecule has 1 heterocycles. The summed E-state index contributed by atoms with van der Waals surface area (Å²) in [7, 11) is 0. The second kappa shape index (κ2) is 2.73. The molecule has 0 bridgehead atoms. The van der Waals surface area contributed by atoms with Crippen molar-refractivity contribution >= 4 is 17.3 Å². The van der Waals surface area contributed by atoms with Crippen molar-refractivity contribution in [3.63, 3.8) is 0 Å². The van der Waals surface area contributed by atoms with E-state index in [4.69, 9.17) is 0 Å². The van der Waals surface area contributed by atoms with Crippen molar-refractivity contribution in [3.05, 3.63) is 35.0 Å². The highest BCUT2D eigenvalue weighted by molar-refractivity contribution is 5.87. The Morgan fingerprint density at radius 2 is 2.23 bits per heavy atom. The van der Waals surface area contributed by atoms with Gasteiger partial charge >= 0.3 is 0 Å². The van der Waals surface area contributed by atoms with Gasteiger partial charge in [-0.1, -0.05) is 12.1 Å². The van der Waals surface area contributed by atoms with Crippen molar-refractivity contribution in [1.82, 2.24) is 0 Å². The van der Waals surface area contributed by atoms with Crippen LogP contribution in [0, 0.1) is 5.21 Å². The number of nitrogens with zero attached hydrogens (tertiary/aromatic N) is 2. The van der Waals surface area contributed by atoms with E-state index in [2.05, 4.69) is 10.6 Å². The van der Waals surface area contributed by atoms with Crippen LogP contribution in [0.4, 0.5) is 5.69 Å². The van der Waals surface area contributed by atoms with Gasteiger partial charge in [-0.15, -0.1) is 10.3 Å². The van der Waals surface area contributed by atoms with E-state index < -0.39 is 0 Å². The van der Waals surface area contributed by atoms with Gasteiger partial charge in [0.1, 0.15) is 0 Å². The maximum Gasteiger partial charge on any atom is 0.248 e. The van der Waals surface area contributed by atoms with Crippen LogP contribution in [0.3, 0.4) is 0 Å². The number of hydroxylamine groups is 1. The minimum absolute atomic E-state index is 0.102. The molecule has 0 aliphatic carbocycles. The maximum atomic E-state index is 11.0. The molecule has 2 rings (SSSR count). The summed E-state index contributed by atoms with van der Waals surface area (Å²) in [6.45, 7) is 0. The number of carbonyl (C=O) groups excluding carboxylic acids is 1. The Kier molecular flexibility index (Phi) is 1.58. The summed E-state index contributed by atoms with van der Waals surface area (Å²) in [5.74, 6) is 1.56. The fourth-order valence-corrected chi connectivity index (χ4v) is 1.13. The number of rotatable bonds is 0. The maximum absolute atomic E-state index is 11.0. The zero-order chi connectivity index (χ0) is 9.26. The molecule has 0 unspecified atom stereocenters. The van der Waals surface area contributed by atoms with Gasteiger partial charge in [0.2, 0.25) is 5.70 Å². The molecule has 0 atom stereocenters. The van der Waals surface area contributed by atoms with Crippen LogP contribution in [0.5, 0.6) is 0 Å². The molecule has 0 saturated heterocycles. The van der Waals surface area contributed by atoms with E-state index in [9.17, 15) is 10.0 Å². The quantitative estimate of drug-likeness (QED) is 0.365. The Bertz CT molecular complexity index is 433. The van der Waals surface area contributed by atoms with E-state index in [0.717, 1.165) is 0 Å². The van der Waals surface area contributed by atoms with Crippen LogP contribution >= 0.6 is 0 Å². The van der Waals surface area contributed by atoms with Crippen molar-refractivity contribution in [3.8, 4) is 0 Å². The molecule has 1 aromatic carbocycles. The molecule has 0 fully saturated rings. The lowest BCUT2D eigenvalue weighted by atomic mass is 10.1. The van der Waals surface area contributed by atoms with Gasteiger partial charge in [-0.05, 0) is 12.1 Å². The van der Waals surface area contributed by atoms with Crippen LogP contribution in [-0.2, 0) is 4.79 Å². The fraction of sp³-hybridized carbons (Fsp3) is 0. The highest BCUT2D eigenvalue weighted by Gasteiger charge is 2.20. The Balaban J connectivity index is 2.66. The van der Waals surface area contributed by atoms with Crippen LogP contribution in [-0.4, -0.2) is 10.8 Å². The van der Waals surface area contributed by atoms with Crippen LogP contribution < -0.4 is 5.43 Å². The van der Waals surface area contributed by atoms with Crippen molar-refractivity contribution < 1.29 is 9.66 Å². The molecule has 0 radical (unpaired) electrons. The van der Waals surface area contributed by atoms with Crippen molar-refractivity contribution in [1.29, 1.82) is 0 Å². The van der Waals surface area contributed by atoms with Crippen LogP contribution in [0.15, 0.2) is 29.5 Å². The second-order valence-corrected chi connectivity index (χ2v) is 2.48. The molecule has 1 aliphatic heterocycles. The van der Waals surface area contributed by atoms with Gasteiger partial charge in [0.05, 0.1) is 10.8 Å². The minimum atomic E-state index is -0.102. The summed E-state index contributed by atoms with van der Waals surface area (Å²) in [5, 5.41) is 14.3. The molecule has 5 heteroatoms. The van der Waals surface area contributed by atoms with Gasteiger partial charge < -0.3 is 5.21 Å². The van der Waals surface area contributed by atoms with Gasteiger partial charge in [0.25, 0.3) is 0 Å². The first kappa shape index (κ1) is 7.52. The van der Waals surface area contributed by atoms with E-state index in [1.807, 2.05) is 0 Å².